The molecule has 1 aromatic heterocycles. The molecule has 1 atom stereocenters. The minimum Gasteiger partial charge on any atom is -0.488 e. The van der Waals surface area contributed by atoms with Crippen LogP contribution in [0.4, 0.5) is 10.6 Å². The third-order valence-corrected chi connectivity index (χ3v) is 3.99. The van der Waals surface area contributed by atoms with Crippen molar-refractivity contribution in [1.82, 2.24) is 4.98 Å². The van der Waals surface area contributed by atoms with Gasteiger partial charge in [-0.15, -0.1) is 0 Å². The van der Waals surface area contributed by atoms with E-state index in [-0.39, 0.29) is 12.4 Å². The number of carbonyl (C=O) groups is 2. The van der Waals surface area contributed by atoms with Crippen LogP contribution >= 0.6 is 0 Å². The largest absolute Gasteiger partial charge is 0.514 e. The Labute approximate surface area is 128 Å². The zero-order valence-electron chi connectivity index (χ0n) is 11.6. The summed E-state index contributed by atoms with van der Waals surface area (Å²) in [6, 6.07) is 6.71. The van der Waals surface area contributed by atoms with Gasteiger partial charge in [-0.25, -0.2) is 14.8 Å². The van der Waals surface area contributed by atoms with Gasteiger partial charge in [-0.2, -0.15) is 0 Å². The highest BCUT2D eigenvalue weighted by Crippen LogP contribution is 2.26. The summed E-state index contributed by atoms with van der Waals surface area (Å²) < 4.78 is 15.8. The second kappa shape index (κ2) is 4.16. The summed E-state index contributed by atoms with van der Waals surface area (Å²) in [4.78, 5) is 32.7. The molecule has 5 rings (SSSR count). The first-order chi connectivity index (χ1) is 11.2. The van der Waals surface area contributed by atoms with Crippen LogP contribution in [0.2, 0.25) is 0 Å². The van der Waals surface area contributed by atoms with Gasteiger partial charge >= 0.3 is 6.16 Å². The Morgan fingerprint density at radius 3 is 2.96 bits per heavy atom. The molecule has 3 aliphatic heterocycles. The predicted octanol–water partition coefficient (Wildman–Crippen LogP) is 0.613. The lowest BCUT2D eigenvalue weighted by molar-refractivity contribution is 0.0981. The fourth-order valence-corrected chi connectivity index (χ4v) is 2.98. The highest BCUT2D eigenvalue weighted by Gasteiger charge is 2.37. The van der Waals surface area contributed by atoms with Crippen LogP contribution in [0.1, 0.15) is 15.9 Å². The molecule has 0 aliphatic carbocycles. The minimum absolute atomic E-state index is 0.172. The summed E-state index contributed by atoms with van der Waals surface area (Å²) in [7, 11) is 0. The Balaban J connectivity index is 1.94. The fourth-order valence-electron chi connectivity index (χ4n) is 2.98. The first-order valence-electron chi connectivity index (χ1n) is 6.99. The summed E-state index contributed by atoms with van der Waals surface area (Å²) in [6.45, 7) is 0.176. The van der Waals surface area contributed by atoms with Gasteiger partial charge in [0.2, 0.25) is 0 Å². The highest BCUT2D eigenvalue weighted by atomic mass is 16.8. The number of hydrogen-bond donors (Lipinski definition) is 0. The van der Waals surface area contributed by atoms with Gasteiger partial charge in [0.15, 0.2) is 23.5 Å². The summed E-state index contributed by atoms with van der Waals surface area (Å²) in [6.07, 6.45) is 0.179. The average molecular weight is 308 g/mol. The highest BCUT2D eigenvalue weighted by molar-refractivity contribution is 6.12. The van der Waals surface area contributed by atoms with Crippen LogP contribution in [0.25, 0.3) is 5.76 Å². The molecule has 1 fully saturated rings. The van der Waals surface area contributed by atoms with Crippen molar-refractivity contribution in [3.8, 4) is 5.75 Å². The Morgan fingerprint density at radius 1 is 1.13 bits per heavy atom. The quantitative estimate of drug-likeness (QED) is 0.566. The first-order valence-corrected chi connectivity index (χ1v) is 6.99. The molecular weight excluding hydrogens is 300 g/mol. The van der Waals surface area contributed by atoms with Crippen molar-refractivity contribution in [2.24, 2.45) is 4.99 Å². The number of rotatable bonds is 0. The normalized spacial score (nSPS) is 20.2. The number of benzene rings is 1. The van der Waals surface area contributed by atoms with Gasteiger partial charge in [0.1, 0.15) is 12.4 Å². The smallest absolute Gasteiger partial charge is 0.488 e. The number of carbonyl (C=O) groups excluding carboxylic acids is 2. The maximum Gasteiger partial charge on any atom is 0.514 e. The van der Waals surface area contributed by atoms with Crippen molar-refractivity contribution >= 4 is 23.5 Å². The lowest BCUT2D eigenvalue weighted by Crippen LogP contribution is -2.42. The lowest BCUT2D eigenvalue weighted by atomic mass is 9.98. The summed E-state index contributed by atoms with van der Waals surface area (Å²) in [5.41, 5.74) is 0.863. The van der Waals surface area contributed by atoms with Crippen molar-refractivity contribution in [3.63, 3.8) is 0 Å². The van der Waals surface area contributed by atoms with Crippen LogP contribution in [0, 0.1) is 0 Å². The topological polar surface area (TPSA) is 87.1 Å². The van der Waals surface area contributed by atoms with Gasteiger partial charge in [0.25, 0.3) is 0 Å². The molecule has 0 spiro atoms. The van der Waals surface area contributed by atoms with E-state index >= 15 is 0 Å². The molecule has 0 amide bonds. The zero-order valence-corrected chi connectivity index (χ0v) is 11.6. The fraction of sp³-hybridized carbons (Fsp3) is 0.125. The van der Waals surface area contributed by atoms with Crippen LogP contribution in [-0.4, -0.2) is 29.6 Å². The molecule has 3 aliphatic rings. The zero-order chi connectivity index (χ0) is 15.6. The summed E-state index contributed by atoms with van der Waals surface area (Å²) in [5.74, 6) is 1.01. The number of ketones is 1. The second-order valence-corrected chi connectivity index (χ2v) is 5.28. The first kappa shape index (κ1) is 12.3. The Morgan fingerprint density at radius 2 is 2.04 bits per heavy atom. The van der Waals surface area contributed by atoms with Gasteiger partial charge in [0.05, 0.1) is 16.1 Å². The maximum absolute atomic E-state index is 12.7. The number of aromatic nitrogens is 1. The molecule has 1 saturated heterocycles. The molecule has 1 unspecified atom stereocenters. The van der Waals surface area contributed by atoms with Gasteiger partial charge < -0.3 is 14.2 Å². The van der Waals surface area contributed by atoms with E-state index in [2.05, 4.69) is 9.98 Å². The molecule has 7 nitrogen and oxygen atoms in total. The Hall–Kier alpha value is -3.22. The van der Waals surface area contributed by atoms with Crippen molar-refractivity contribution in [1.29, 1.82) is 0 Å². The van der Waals surface area contributed by atoms with Crippen molar-refractivity contribution in [3.05, 3.63) is 52.2 Å². The predicted molar refractivity (Wildman–Crippen MR) is 74.8 cm³/mol. The third-order valence-electron chi connectivity index (χ3n) is 3.99. The SMILES string of the molecule is O=C1OC2=c3c(ccc4c3=Nc3ncccc3C4=O)OCC2O1. The number of nitrogens with zero attached hydrogens (tertiary/aromatic N) is 2. The van der Waals surface area contributed by atoms with Crippen molar-refractivity contribution in [2.45, 2.75) is 6.10 Å². The van der Waals surface area contributed by atoms with Crippen LogP contribution in [-0.2, 0) is 9.47 Å². The number of ether oxygens (including phenoxy) is 3. The summed E-state index contributed by atoms with van der Waals surface area (Å²) >= 11 is 0. The van der Waals surface area contributed by atoms with Gasteiger partial charge in [-0.3, -0.25) is 4.79 Å². The van der Waals surface area contributed by atoms with E-state index in [1.807, 2.05) is 0 Å². The Kier molecular flexibility index (Phi) is 2.23. The van der Waals surface area contributed by atoms with E-state index < -0.39 is 12.3 Å². The molecule has 1 aromatic carbocycles. The maximum atomic E-state index is 12.7. The van der Waals surface area contributed by atoms with Crippen molar-refractivity contribution < 1.29 is 23.8 Å². The second-order valence-electron chi connectivity index (χ2n) is 5.28. The Bertz CT molecular complexity index is 1030. The molecule has 2 aromatic rings. The van der Waals surface area contributed by atoms with Crippen LogP contribution in [0.5, 0.6) is 5.75 Å². The van der Waals surface area contributed by atoms with Crippen LogP contribution in [0.3, 0.4) is 0 Å². The van der Waals surface area contributed by atoms with Gasteiger partial charge in [0, 0.05) is 11.8 Å². The summed E-state index contributed by atoms with van der Waals surface area (Å²) in [5, 5.41) is 0.881. The van der Waals surface area contributed by atoms with E-state index in [1.54, 1.807) is 30.5 Å². The molecule has 0 radical (unpaired) electrons. The molecule has 0 bridgehead atoms. The molecular formula is C16H8N2O5. The molecule has 112 valence electrons. The molecule has 0 N–H and O–H groups in total. The number of hydrogen-bond acceptors (Lipinski definition) is 7. The van der Waals surface area contributed by atoms with Gasteiger partial charge in [-0.1, -0.05) is 0 Å². The van der Waals surface area contributed by atoms with E-state index in [9.17, 15) is 9.59 Å². The number of fused-ring (bicyclic) bond motifs is 5. The van der Waals surface area contributed by atoms with Crippen LogP contribution < -0.4 is 15.3 Å². The third kappa shape index (κ3) is 1.58. The number of pyridine rings is 1. The molecule has 7 heteroatoms. The van der Waals surface area contributed by atoms with E-state index in [0.717, 1.165) is 0 Å². The van der Waals surface area contributed by atoms with Crippen molar-refractivity contribution in [2.75, 3.05) is 6.61 Å². The van der Waals surface area contributed by atoms with E-state index in [0.29, 0.717) is 39.0 Å². The van der Waals surface area contributed by atoms with E-state index in [1.165, 1.54) is 0 Å². The lowest BCUT2D eigenvalue weighted by Gasteiger charge is -2.19. The molecule has 4 heterocycles. The average Bonchev–Trinajstić information content (AvgIpc) is 2.95. The van der Waals surface area contributed by atoms with Gasteiger partial charge in [-0.05, 0) is 24.3 Å². The van der Waals surface area contributed by atoms with E-state index in [4.69, 9.17) is 14.2 Å². The minimum atomic E-state index is -0.778. The molecule has 23 heavy (non-hydrogen) atoms. The molecule has 0 saturated carbocycles. The monoisotopic (exact) mass is 308 g/mol. The van der Waals surface area contributed by atoms with Crippen LogP contribution in [0.15, 0.2) is 35.5 Å². The standard InChI is InChI=1S/C16H8N2O5/c19-13-7-3-4-9-11(14-10(6-21-9)22-16(20)23-14)12(7)18-15-8(13)2-1-5-17-15/h1-5,10H,6H2.